The zero-order chi connectivity index (χ0) is 15.2. The molecule has 0 radical (unpaired) electrons. The zero-order valence-electron chi connectivity index (χ0n) is 11.8. The second-order valence-electron chi connectivity index (χ2n) is 4.91. The maximum Gasteiger partial charge on any atom is 0.241 e. The first-order chi connectivity index (χ1) is 10.1. The van der Waals surface area contributed by atoms with E-state index < -0.39 is 6.04 Å². The average Bonchev–Trinajstić information content (AvgIpc) is 2.53. The van der Waals surface area contributed by atoms with Gasteiger partial charge in [-0.1, -0.05) is 42.0 Å². The Balaban J connectivity index is 1.94. The average molecular weight is 279 g/mol. The molecule has 21 heavy (non-hydrogen) atoms. The number of nitrogens with two attached hydrogens (primary N) is 1. The monoisotopic (exact) mass is 279 g/mol. The third kappa shape index (κ3) is 3.91. The highest BCUT2D eigenvalue weighted by Gasteiger charge is 2.14. The highest BCUT2D eigenvalue weighted by Crippen LogP contribution is 2.12. The summed E-state index contributed by atoms with van der Waals surface area (Å²) in [6.07, 6.45) is 0. The first-order valence-electron chi connectivity index (χ1n) is 6.69. The summed E-state index contributed by atoms with van der Waals surface area (Å²) in [4.78, 5) is 12.0. The van der Waals surface area contributed by atoms with Gasteiger partial charge in [-0.2, -0.15) is 5.26 Å². The number of hydrogen-bond donors (Lipinski definition) is 2. The van der Waals surface area contributed by atoms with E-state index in [1.807, 2.05) is 43.3 Å². The minimum atomic E-state index is -0.677. The van der Waals surface area contributed by atoms with Gasteiger partial charge in [-0.15, -0.1) is 0 Å². The lowest BCUT2D eigenvalue weighted by molar-refractivity contribution is -0.122. The number of nitrogens with zero attached hydrogens (tertiary/aromatic N) is 1. The topological polar surface area (TPSA) is 78.9 Å². The third-order valence-electron chi connectivity index (χ3n) is 3.27. The number of carbonyl (C=O) groups excluding carboxylic acids is 1. The lowest BCUT2D eigenvalue weighted by Crippen LogP contribution is -2.33. The molecular formula is C17H17N3O. The molecule has 2 aromatic carbocycles. The fourth-order valence-electron chi connectivity index (χ4n) is 1.92. The molecule has 0 saturated heterocycles. The summed E-state index contributed by atoms with van der Waals surface area (Å²) in [5.41, 5.74) is 9.39. The van der Waals surface area contributed by atoms with Gasteiger partial charge in [-0.05, 0) is 30.2 Å². The van der Waals surface area contributed by atoms with Gasteiger partial charge >= 0.3 is 0 Å². The maximum atomic E-state index is 12.0. The fraction of sp³-hybridized carbons (Fsp3) is 0.176. The Kier molecular flexibility index (Phi) is 4.70. The Morgan fingerprint density at radius 3 is 2.38 bits per heavy atom. The lowest BCUT2D eigenvalue weighted by Gasteiger charge is -2.13. The van der Waals surface area contributed by atoms with E-state index in [0.717, 1.165) is 16.7 Å². The number of hydrogen-bond acceptors (Lipinski definition) is 3. The molecule has 1 unspecified atom stereocenters. The van der Waals surface area contributed by atoms with Crippen molar-refractivity contribution in [2.24, 2.45) is 5.73 Å². The fourth-order valence-corrected chi connectivity index (χ4v) is 1.92. The van der Waals surface area contributed by atoms with E-state index in [1.54, 1.807) is 12.1 Å². The summed E-state index contributed by atoms with van der Waals surface area (Å²) in [7, 11) is 0. The number of benzene rings is 2. The van der Waals surface area contributed by atoms with Crippen LogP contribution in [-0.4, -0.2) is 5.91 Å². The first kappa shape index (κ1) is 14.8. The Labute approximate surface area is 124 Å². The highest BCUT2D eigenvalue weighted by molar-refractivity contribution is 5.82. The van der Waals surface area contributed by atoms with Crippen molar-refractivity contribution in [1.82, 2.24) is 5.32 Å². The normalized spacial score (nSPS) is 11.5. The molecular weight excluding hydrogens is 262 g/mol. The molecule has 4 heteroatoms. The Morgan fingerprint density at radius 1 is 1.19 bits per heavy atom. The molecule has 1 atom stereocenters. The number of rotatable bonds is 4. The second-order valence-corrected chi connectivity index (χ2v) is 4.91. The molecule has 0 aliphatic carbocycles. The SMILES string of the molecule is Cc1ccc(C(N)C(=O)NCc2ccc(C#N)cc2)cc1. The predicted octanol–water partition coefficient (Wildman–Crippen LogP) is 2.18. The highest BCUT2D eigenvalue weighted by atomic mass is 16.2. The minimum Gasteiger partial charge on any atom is -0.350 e. The van der Waals surface area contributed by atoms with Crippen LogP contribution in [0.1, 0.15) is 28.3 Å². The second kappa shape index (κ2) is 6.69. The summed E-state index contributed by atoms with van der Waals surface area (Å²) in [6, 6.07) is 16.0. The molecule has 0 aliphatic heterocycles. The van der Waals surface area contributed by atoms with Crippen molar-refractivity contribution in [3.05, 3.63) is 70.8 Å². The van der Waals surface area contributed by atoms with E-state index in [0.29, 0.717) is 12.1 Å². The van der Waals surface area contributed by atoms with Crippen LogP contribution < -0.4 is 11.1 Å². The van der Waals surface area contributed by atoms with Gasteiger partial charge in [0.2, 0.25) is 5.91 Å². The zero-order valence-corrected chi connectivity index (χ0v) is 11.8. The van der Waals surface area contributed by atoms with Crippen LogP contribution in [0.25, 0.3) is 0 Å². The molecule has 0 fully saturated rings. The maximum absolute atomic E-state index is 12.0. The van der Waals surface area contributed by atoms with Gasteiger partial charge in [0.25, 0.3) is 0 Å². The summed E-state index contributed by atoms with van der Waals surface area (Å²) in [6.45, 7) is 2.38. The molecule has 106 valence electrons. The van der Waals surface area contributed by atoms with Crippen LogP contribution >= 0.6 is 0 Å². The van der Waals surface area contributed by atoms with Gasteiger partial charge < -0.3 is 11.1 Å². The van der Waals surface area contributed by atoms with E-state index in [1.165, 1.54) is 0 Å². The molecule has 4 nitrogen and oxygen atoms in total. The number of aryl methyl sites for hydroxylation is 1. The van der Waals surface area contributed by atoms with Crippen molar-refractivity contribution < 1.29 is 4.79 Å². The van der Waals surface area contributed by atoms with Crippen LogP contribution in [0.15, 0.2) is 48.5 Å². The molecule has 1 amide bonds. The molecule has 2 rings (SSSR count). The Morgan fingerprint density at radius 2 is 1.81 bits per heavy atom. The van der Waals surface area contributed by atoms with E-state index in [-0.39, 0.29) is 5.91 Å². The van der Waals surface area contributed by atoms with Crippen LogP contribution in [0.4, 0.5) is 0 Å². The standard InChI is InChI=1S/C17H17N3O/c1-12-2-8-15(9-3-12)16(19)17(21)20-11-14-6-4-13(10-18)5-7-14/h2-9,16H,11,19H2,1H3,(H,20,21). The van der Waals surface area contributed by atoms with E-state index >= 15 is 0 Å². The van der Waals surface area contributed by atoms with Gasteiger partial charge in [0.1, 0.15) is 6.04 Å². The van der Waals surface area contributed by atoms with Crippen LogP contribution in [0.3, 0.4) is 0 Å². The smallest absolute Gasteiger partial charge is 0.241 e. The van der Waals surface area contributed by atoms with E-state index in [4.69, 9.17) is 11.0 Å². The van der Waals surface area contributed by atoms with Gasteiger partial charge in [-0.25, -0.2) is 0 Å². The van der Waals surface area contributed by atoms with Crippen molar-refractivity contribution in [3.8, 4) is 6.07 Å². The molecule has 2 aromatic rings. The number of carbonyl (C=O) groups is 1. The van der Waals surface area contributed by atoms with Crippen molar-refractivity contribution in [2.45, 2.75) is 19.5 Å². The van der Waals surface area contributed by atoms with E-state index in [9.17, 15) is 4.79 Å². The summed E-state index contributed by atoms with van der Waals surface area (Å²) >= 11 is 0. The Hall–Kier alpha value is -2.64. The number of amides is 1. The molecule has 0 aliphatic rings. The summed E-state index contributed by atoms with van der Waals surface area (Å²) in [5.74, 6) is -0.219. The van der Waals surface area contributed by atoms with Crippen molar-refractivity contribution >= 4 is 5.91 Å². The summed E-state index contributed by atoms with van der Waals surface area (Å²) in [5, 5.41) is 11.5. The molecule has 0 aromatic heterocycles. The van der Waals surface area contributed by atoms with Crippen LogP contribution in [0.2, 0.25) is 0 Å². The minimum absolute atomic E-state index is 0.219. The molecule has 3 N–H and O–H groups in total. The van der Waals surface area contributed by atoms with E-state index in [2.05, 4.69) is 11.4 Å². The lowest BCUT2D eigenvalue weighted by atomic mass is 10.1. The number of nitriles is 1. The molecule has 0 spiro atoms. The molecule has 0 saturated carbocycles. The van der Waals surface area contributed by atoms with Crippen molar-refractivity contribution in [1.29, 1.82) is 5.26 Å². The molecule has 0 bridgehead atoms. The first-order valence-corrected chi connectivity index (χ1v) is 6.69. The third-order valence-corrected chi connectivity index (χ3v) is 3.27. The van der Waals surface area contributed by atoms with Gasteiger partial charge in [-0.3, -0.25) is 4.79 Å². The van der Waals surface area contributed by atoms with Gasteiger partial charge in [0.05, 0.1) is 11.6 Å². The van der Waals surface area contributed by atoms with Crippen LogP contribution in [-0.2, 0) is 11.3 Å². The van der Waals surface area contributed by atoms with Crippen LogP contribution in [0, 0.1) is 18.3 Å². The van der Waals surface area contributed by atoms with Crippen molar-refractivity contribution in [2.75, 3.05) is 0 Å². The van der Waals surface area contributed by atoms with Gasteiger partial charge in [0, 0.05) is 6.54 Å². The van der Waals surface area contributed by atoms with Crippen LogP contribution in [0.5, 0.6) is 0 Å². The predicted molar refractivity (Wildman–Crippen MR) is 81.1 cm³/mol. The Bertz CT molecular complexity index is 654. The van der Waals surface area contributed by atoms with Gasteiger partial charge in [0.15, 0.2) is 0 Å². The summed E-state index contributed by atoms with van der Waals surface area (Å²) < 4.78 is 0. The number of nitrogens with one attached hydrogen (secondary N) is 1. The molecule has 0 heterocycles. The quantitative estimate of drug-likeness (QED) is 0.900. The largest absolute Gasteiger partial charge is 0.350 e. The van der Waals surface area contributed by atoms with Crippen molar-refractivity contribution in [3.63, 3.8) is 0 Å².